The van der Waals surface area contributed by atoms with Crippen molar-refractivity contribution in [3.05, 3.63) is 12.2 Å². The quantitative estimate of drug-likeness (QED) is 0.515. The molecule has 0 unspecified atom stereocenters. The van der Waals surface area contributed by atoms with E-state index in [9.17, 15) is 0 Å². The van der Waals surface area contributed by atoms with Gasteiger partial charge in [0.1, 0.15) is 0 Å². The van der Waals surface area contributed by atoms with Gasteiger partial charge in [-0.25, -0.2) is 0 Å². The molecule has 0 spiro atoms. The van der Waals surface area contributed by atoms with Crippen molar-refractivity contribution in [1.82, 2.24) is 0 Å². The minimum atomic E-state index is 0.847. The molecular formula is C12H24. The van der Waals surface area contributed by atoms with Crippen LogP contribution in [0.15, 0.2) is 12.2 Å². The fraction of sp³-hybridized carbons (Fsp3) is 0.833. The Morgan fingerprint density at radius 2 is 1.08 bits per heavy atom. The Labute approximate surface area is 78.1 Å². The molecule has 0 heterocycles. The molecule has 0 amide bonds. The normalized spacial score (nSPS) is 12.2. The highest BCUT2D eigenvalue weighted by atomic mass is 14.0. The second kappa shape index (κ2) is 7.39. The van der Waals surface area contributed by atoms with E-state index in [0.717, 1.165) is 11.8 Å². The zero-order valence-electron chi connectivity index (χ0n) is 9.14. The summed E-state index contributed by atoms with van der Waals surface area (Å²) in [6.45, 7) is 9.12. The van der Waals surface area contributed by atoms with E-state index < -0.39 is 0 Å². The molecular weight excluding hydrogens is 144 g/mol. The first kappa shape index (κ1) is 11.7. The van der Waals surface area contributed by atoms with Crippen LogP contribution in [0.2, 0.25) is 0 Å². The molecule has 0 aliphatic heterocycles. The van der Waals surface area contributed by atoms with Gasteiger partial charge in [-0.15, -0.1) is 0 Å². The van der Waals surface area contributed by atoms with Crippen molar-refractivity contribution >= 4 is 0 Å². The van der Waals surface area contributed by atoms with Gasteiger partial charge in [0.05, 0.1) is 0 Å². The zero-order valence-corrected chi connectivity index (χ0v) is 9.14. The van der Waals surface area contributed by atoms with E-state index in [1.165, 1.54) is 25.7 Å². The third-order valence-electron chi connectivity index (χ3n) is 1.99. The third kappa shape index (κ3) is 9.74. The fourth-order valence-electron chi connectivity index (χ4n) is 1.09. The van der Waals surface area contributed by atoms with Gasteiger partial charge in [0.15, 0.2) is 0 Å². The smallest absolute Gasteiger partial charge is 0.0348 e. The van der Waals surface area contributed by atoms with E-state index in [1.54, 1.807) is 0 Å². The summed E-state index contributed by atoms with van der Waals surface area (Å²) in [4.78, 5) is 0. The number of allylic oxidation sites excluding steroid dienone is 2. The topological polar surface area (TPSA) is 0 Å². The van der Waals surface area contributed by atoms with Crippen LogP contribution in [-0.4, -0.2) is 0 Å². The van der Waals surface area contributed by atoms with Gasteiger partial charge in [0.2, 0.25) is 0 Å². The fourth-order valence-corrected chi connectivity index (χ4v) is 1.09. The van der Waals surface area contributed by atoms with Gasteiger partial charge in [-0.3, -0.25) is 0 Å². The molecule has 0 aliphatic rings. The Morgan fingerprint density at radius 3 is 1.33 bits per heavy atom. The van der Waals surface area contributed by atoms with Gasteiger partial charge in [0.25, 0.3) is 0 Å². The van der Waals surface area contributed by atoms with Crippen LogP contribution in [0.25, 0.3) is 0 Å². The monoisotopic (exact) mass is 168 g/mol. The summed E-state index contributed by atoms with van der Waals surface area (Å²) in [5, 5.41) is 0. The Balaban J connectivity index is 3.15. The van der Waals surface area contributed by atoms with Crippen LogP contribution < -0.4 is 0 Å². The Morgan fingerprint density at radius 1 is 0.750 bits per heavy atom. The zero-order chi connectivity index (χ0) is 9.40. The van der Waals surface area contributed by atoms with Crippen molar-refractivity contribution in [3.8, 4) is 0 Å². The summed E-state index contributed by atoms with van der Waals surface area (Å²) in [6, 6.07) is 0. The van der Waals surface area contributed by atoms with Gasteiger partial charge in [-0.1, -0.05) is 39.8 Å². The molecule has 0 radical (unpaired) electrons. The number of hydrogen-bond acceptors (Lipinski definition) is 0. The highest BCUT2D eigenvalue weighted by Gasteiger charge is 1.91. The number of rotatable bonds is 6. The Kier molecular flexibility index (Phi) is 7.23. The highest BCUT2D eigenvalue weighted by Crippen LogP contribution is 2.07. The first-order valence-electron chi connectivity index (χ1n) is 5.28. The lowest BCUT2D eigenvalue weighted by Crippen LogP contribution is -1.85. The van der Waals surface area contributed by atoms with Gasteiger partial charge < -0.3 is 0 Å². The molecule has 0 fully saturated rings. The molecule has 72 valence electrons. The van der Waals surface area contributed by atoms with Crippen LogP contribution in [0.3, 0.4) is 0 Å². The molecule has 0 N–H and O–H groups in total. The maximum Gasteiger partial charge on any atom is -0.0348 e. The van der Waals surface area contributed by atoms with E-state index in [-0.39, 0.29) is 0 Å². The van der Waals surface area contributed by atoms with Gasteiger partial charge in [-0.2, -0.15) is 0 Å². The first-order valence-corrected chi connectivity index (χ1v) is 5.28. The molecule has 0 atom stereocenters. The molecule has 0 saturated heterocycles. The second-order valence-corrected chi connectivity index (χ2v) is 4.41. The van der Waals surface area contributed by atoms with Crippen molar-refractivity contribution < 1.29 is 0 Å². The first-order chi connectivity index (χ1) is 5.63. The maximum absolute atomic E-state index is 2.34. The minimum Gasteiger partial charge on any atom is -0.0885 e. The summed E-state index contributed by atoms with van der Waals surface area (Å²) in [5.74, 6) is 1.69. The molecule has 0 rings (SSSR count). The van der Waals surface area contributed by atoms with Crippen molar-refractivity contribution in [1.29, 1.82) is 0 Å². The maximum atomic E-state index is 2.34. The van der Waals surface area contributed by atoms with E-state index >= 15 is 0 Å². The molecule has 0 heteroatoms. The van der Waals surface area contributed by atoms with Crippen molar-refractivity contribution in [2.45, 2.75) is 53.4 Å². The van der Waals surface area contributed by atoms with Crippen molar-refractivity contribution in [2.75, 3.05) is 0 Å². The summed E-state index contributed by atoms with van der Waals surface area (Å²) in [6.07, 6.45) is 9.85. The lowest BCUT2D eigenvalue weighted by atomic mass is 10.1. The summed E-state index contributed by atoms with van der Waals surface area (Å²) in [7, 11) is 0. The molecule has 12 heavy (non-hydrogen) atoms. The molecule has 0 aromatic heterocycles. The van der Waals surface area contributed by atoms with Crippen LogP contribution in [0.5, 0.6) is 0 Å². The Hall–Kier alpha value is -0.260. The lowest BCUT2D eigenvalue weighted by Gasteiger charge is -2.00. The average molecular weight is 168 g/mol. The van der Waals surface area contributed by atoms with Crippen LogP contribution in [0.4, 0.5) is 0 Å². The molecule has 0 aromatic carbocycles. The van der Waals surface area contributed by atoms with Gasteiger partial charge in [0, 0.05) is 0 Å². The second-order valence-electron chi connectivity index (χ2n) is 4.41. The van der Waals surface area contributed by atoms with Crippen molar-refractivity contribution in [2.24, 2.45) is 11.8 Å². The summed E-state index contributed by atoms with van der Waals surface area (Å²) in [5.41, 5.74) is 0. The highest BCUT2D eigenvalue weighted by molar-refractivity contribution is 4.81. The summed E-state index contributed by atoms with van der Waals surface area (Å²) >= 11 is 0. The summed E-state index contributed by atoms with van der Waals surface area (Å²) < 4.78 is 0. The molecule has 0 nitrogen and oxygen atoms in total. The van der Waals surface area contributed by atoms with E-state index in [2.05, 4.69) is 39.8 Å². The molecule has 0 aromatic rings. The van der Waals surface area contributed by atoms with E-state index in [4.69, 9.17) is 0 Å². The van der Waals surface area contributed by atoms with Crippen LogP contribution in [-0.2, 0) is 0 Å². The lowest BCUT2D eigenvalue weighted by molar-refractivity contribution is 0.585. The van der Waals surface area contributed by atoms with Crippen molar-refractivity contribution in [3.63, 3.8) is 0 Å². The van der Waals surface area contributed by atoms with Crippen LogP contribution >= 0.6 is 0 Å². The van der Waals surface area contributed by atoms with Gasteiger partial charge in [-0.05, 0) is 37.5 Å². The number of hydrogen-bond donors (Lipinski definition) is 0. The Bertz CT molecular complexity index is 95.2. The van der Waals surface area contributed by atoms with Gasteiger partial charge >= 0.3 is 0 Å². The predicted octanol–water partition coefficient (Wildman–Crippen LogP) is 4.42. The largest absolute Gasteiger partial charge is 0.0885 e. The average Bonchev–Trinajstić information content (AvgIpc) is 1.95. The minimum absolute atomic E-state index is 0.847. The SMILES string of the molecule is CC(C)CC/C=C/CCC(C)C. The van der Waals surface area contributed by atoms with Crippen LogP contribution in [0.1, 0.15) is 53.4 Å². The molecule has 0 bridgehead atoms. The molecule has 0 saturated carbocycles. The third-order valence-corrected chi connectivity index (χ3v) is 1.99. The van der Waals surface area contributed by atoms with Crippen LogP contribution in [0, 0.1) is 11.8 Å². The van der Waals surface area contributed by atoms with E-state index in [0.29, 0.717) is 0 Å². The molecule has 0 aliphatic carbocycles. The van der Waals surface area contributed by atoms with E-state index in [1.807, 2.05) is 0 Å². The predicted molar refractivity (Wildman–Crippen MR) is 57.3 cm³/mol. The standard InChI is InChI=1S/C12H24/c1-11(2)9-7-5-6-8-10-12(3)4/h5-6,11-12H,7-10H2,1-4H3/b6-5+.